The second-order valence-electron chi connectivity index (χ2n) is 7.04. The van der Waals surface area contributed by atoms with Crippen molar-refractivity contribution in [3.63, 3.8) is 0 Å². The molecule has 2 aromatic heterocycles. The van der Waals surface area contributed by atoms with E-state index in [9.17, 15) is 13.2 Å². The highest BCUT2D eigenvalue weighted by molar-refractivity contribution is 7.71. The average Bonchev–Trinajstić information content (AvgIpc) is 3.40. The van der Waals surface area contributed by atoms with Crippen molar-refractivity contribution >= 4 is 12.2 Å². The second-order valence-corrected chi connectivity index (χ2v) is 7.41. The fourth-order valence-corrected chi connectivity index (χ4v) is 3.85. The number of nitrogens with zero attached hydrogens (tertiary/aromatic N) is 5. The van der Waals surface area contributed by atoms with Crippen molar-refractivity contribution < 1.29 is 13.2 Å². The molecule has 0 radical (unpaired) electrons. The number of piperidine rings is 1. The Morgan fingerprint density at radius 3 is 2.54 bits per heavy atom. The van der Waals surface area contributed by atoms with Crippen molar-refractivity contribution in [1.29, 1.82) is 0 Å². The zero-order chi connectivity index (χ0) is 18.3. The summed E-state index contributed by atoms with van der Waals surface area (Å²) in [4.78, 5) is 5.83. The molecule has 1 atom stereocenters. The molecule has 0 N–H and O–H groups in total. The van der Waals surface area contributed by atoms with Gasteiger partial charge in [0.15, 0.2) is 10.6 Å². The van der Waals surface area contributed by atoms with Crippen molar-refractivity contribution in [1.82, 2.24) is 24.2 Å². The standard InChI is InChI=1S/C17H20F3N5S/c18-17(19,20)13-2-1-9-23(10-13)11-24-16(26)25(14-3-4-14)15(22-24)12-5-7-21-8-6-12/h5-8,13-14H,1-4,9-11H2. The Balaban J connectivity index is 1.60. The molecule has 4 rings (SSSR count). The third kappa shape index (κ3) is 3.55. The van der Waals surface area contributed by atoms with Gasteiger partial charge in [0.05, 0.1) is 12.6 Å². The van der Waals surface area contributed by atoms with E-state index >= 15 is 0 Å². The zero-order valence-corrected chi connectivity index (χ0v) is 15.0. The first-order valence-corrected chi connectivity index (χ1v) is 9.23. The number of pyridine rings is 1. The van der Waals surface area contributed by atoms with Gasteiger partial charge in [0.25, 0.3) is 0 Å². The van der Waals surface area contributed by atoms with Crippen LogP contribution in [-0.4, -0.2) is 43.5 Å². The van der Waals surface area contributed by atoms with Gasteiger partial charge in [-0.2, -0.15) is 18.3 Å². The molecule has 9 heteroatoms. The van der Waals surface area contributed by atoms with Crippen LogP contribution < -0.4 is 0 Å². The monoisotopic (exact) mass is 383 g/mol. The predicted molar refractivity (Wildman–Crippen MR) is 92.9 cm³/mol. The van der Waals surface area contributed by atoms with Crippen LogP contribution in [0.25, 0.3) is 11.4 Å². The van der Waals surface area contributed by atoms with Crippen molar-refractivity contribution in [2.75, 3.05) is 13.1 Å². The van der Waals surface area contributed by atoms with Crippen LogP contribution in [0.2, 0.25) is 0 Å². The lowest BCUT2D eigenvalue weighted by molar-refractivity contribution is -0.188. The molecule has 5 nitrogen and oxygen atoms in total. The maximum absolute atomic E-state index is 13.1. The first-order chi connectivity index (χ1) is 12.4. The maximum atomic E-state index is 13.1. The zero-order valence-electron chi connectivity index (χ0n) is 14.2. The molecule has 1 saturated heterocycles. The van der Waals surface area contributed by atoms with Gasteiger partial charge in [-0.15, -0.1) is 0 Å². The molecule has 0 aromatic carbocycles. The van der Waals surface area contributed by atoms with Gasteiger partial charge in [-0.1, -0.05) is 0 Å². The highest BCUT2D eigenvalue weighted by Crippen LogP contribution is 2.38. The molecule has 2 aliphatic rings. The van der Waals surface area contributed by atoms with Gasteiger partial charge < -0.3 is 0 Å². The summed E-state index contributed by atoms with van der Waals surface area (Å²) in [5.74, 6) is -0.500. The Kier molecular flexibility index (Phi) is 4.60. The summed E-state index contributed by atoms with van der Waals surface area (Å²) < 4.78 is 43.5. The number of likely N-dealkylation sites (tertiary alicyclic amines) is 1. The van der Waals surface area contributed by atoms with E-state index < -0.39 is 12.1 Å². The first kappa shape index (κ1) is 17.7. The topological polar surface area (TPSA) is 38.9 Å². The lowest BCUT2D eigenvalue weighted by atomic mass is 9.98. The largest absolute Gasteiger partial charge is 0.393 e. The third-order valence-corrected chi connectivity index (χ3v) is 5.43. The summed E-state index contributed by atoms with van der Waals surface area (Å²) in [7, 11) is 0. The highest BCUT2D eigenvalue weighted by atomic mass is 32.1. The molecule has 2 aromatic rings. The SMILES string of the molecule is FC(F)(F)C1CCCN(Cn2nc(-c3ccncc3)n(C3CC3)c2=S)C1. The minimum Gasteiger partial charge on any atom is -0.297 e. The van der Waals surface area contributed by atoms with Gasteiger partial charge in [-0.25, -0.2) is 4.68 Å². The second kappa shape index (κ2) is 6.77. The van der Waals surface area contributed by atoms with E-state index in [1.54, 1.807) is 22.0 Å². The summed E-state index contributed by atoms with van der Waals surface area (Å²) >= 11 is 5.60. The Morgan fingerprint density at radius 1 is 1.15 bits per heavy atom. The van der Waals surface area contributed by atoms with Crippen molar-refractivity contribution in [3.05, 3.63) is 29.3 Å². The van der Waals surface area contributed by atoms with E-state index in [4.69, 9.17) is 12.2 Å². The Hall–Kier alpha value is -1.74. The van der Waals surface area contributed by atoms with Crippen LogP contribution >= 0.6 is 12.2 Å². The fourth-order valence-electron chi connectivity index (χ4n) is 3.51. The smallest absolute Gasteiger partial charge is 0.297 e. The van der Waals surface area contributed by atoms with Crippen LogP contribution in [-0.2, 0) is 6.67 Å². The van der Waals surface area contributed by atoms with E-state index in [1.807, 2.05) is 16.7 Å². The Labute approximate surface area is 154 Å². The number of hydrogen-bond acceptors (Lipinski definition) is 4. The van der Waals surface area contributed by atoms with Crippen LogP contribution in [0.15, 0.2) is 24.5 Å². The molecular weight excluding hydrogens is 363 g/mol. The number of alkyl halides is 3. The number of aromatic nitrogens is 4. The van der Waals surface area contributed by atoms with E-state index in [-0.39, 0.29) is 13.0 Å². The molecule has 3 heterocycles. The first-order valence-electron chi connectivity index (χ1n) is 8.82. The minimum absolute atomic E-state index is 0.00610. The minimum atomic E-state index is -4.14. The van der Waals surface area contributed by atoms with Gasteiger partial charge >= 0.3 is 6.18 Å². The van der Waals surface area contributed by atoms with Crippen LogP contribution in [0.1, 0.15) is 31.7 Å². The molecule has 26 heavy (non-hydrogen) atoms. The molecule has 140 valence electrons. The van der Waals surface area contributed by atoms with Crippen LogP contribution in [0.3, 0.4) is 0 Å². The molecule has 0 bridgehead atoms. The van der Waals surface area contributed by atoms with E-state index in [2.05, 4.69) is 10.1 Å². The number of hydrogen-bond donors (Lipinski definition) is 0. The molecule has 1 unspecified atom stereocenters. The fraction of sp³-hybridized carbons (Fsp3) is 0.588. The highest BCUT2D eigenvalue weighted by Gasteiger charge is 2.42. The van der Waals surface area contributed by atoms with Crippen LogP contribution in [0.5, 0.6) is 0 Å². The Morgan fingerprint density at radius 2 is 1.88 bits per heavy atom. The summed E-state index contributed by atoms with van der Waals surface area (Å²) in [6.45, 7) is 0.935. The molecule has 0 spiro atoms. The average molecular weight is 383 g/mol. The van der Waals surface area contributed by atoms with E-state index in [1.165, 1.54) is 0 Å². The molecule has 1 aliphatic heterocycles. The number of halogens is 3. The Bertz CT molecular complexity index is 825. The summed E-state index contributed by atoms with van der Waals surface area (Å²) in [5.41, 5.74) is 0.920. The maximum Gasteiger partial charge on any atom is 0.393 e. The van der Waals surface area contributed by atoms with Crippen LogP contribution in [0.4, 0.5) is 13.2 Å². The molecular formula is C17H20F3N5S. The lowest BCUT2D eigenvalue weighted by Gasteiger charge is -2.33. The molecule has 2 fully saturated rings. The van der Waals surface area contributed by atoms with Gasteiger partial charge in [0.2, 0.25) is 0 Å². The summed E-state index contributed by atoms with van der Waals surface area (Å²) in [6, 6.07) is 4.09. The number of rotatable bonds is 4. The van der Waals surface area contributed by atoms with E-state index in [0.717, 1.165) is 24.2 Å². The predicted octanol–water partition coefficient (Wildman–Crippen LogP) is 4.04. The molecule has 1 aliphatic carbocycles. The summed E-state index contributed by atoms with van der Waals surface area (Å²) in [5, 5.41) is 4.65. The van der Waals surface area contributed by atoms with Crippen molar-refractivity contribution in [2.24, 2.45) is 5.92 Å². The summed E-state index contributed by atoms with van der Waals surface area (Å²) in [6.07, 6.45) is 2.11. The molecule has 0 amide bonds. The van der Waals surface area contributed by atoms with Crippen LogP contribution in [0, 0.1) is 10.7 Å². The normalized spacial score (nSPS) is 21.9. The third-order valence-electron chi connectivity index (χ3n) is 5.02. The van der Waals surface area contributed by atoms with Crippen molar-refractivity contribution in [2.45, 2.75) is 44.6 Å². The van der Waals surface area contributed by atoms with Gasteiger partial charge in [0, 0.05) is 30.5 Å². The van der Waals surface area contributed by atoms with Gasteiger partial charge in [0.1, 0.15) is 0 Å². The quantitative estimate of drug-likeness (QED) is 0.747. The van der Waals surface area contributed by atoms with Crippen molar-refractivity contribution in [3.8, 4) is 11.4 Å². The van der Waals surface area contributed by atoms with Gasteiger partial charge in [-0.3, -0.25) is 14.5 Å². The van der Waals surface area contributed by atoms with Gasteiger partial charge in [-0.05, 0) is 56.6 Å². The molecule has 1 saturated carbocycles. The lowest BCUT2D eigenvalue weighted by Crippen LogP contribution is -2.42. The van der Waals surface area contributed by atoms with E-state index in [0.29, 0.717) is 30.4 Å².